The summed E-state index contributed by atoms with van der Waals surface area (Å²) in [5.41, 5.74) is 2.66. The van der Waals surface area contributed by atoms with Gasteiger partial charge in [0, 0.05) is 11.6 Å². The van der Waals surface area contributed by atoms with E-state index in [0.717, 1.165) is 16.8 Å². The van der Waals surface area contributed by atoms with Crippen molar-refractivity contribution in [3.05, 3.63) is 72.3 Å². The second-order valence-corrected chi connectivity index (χ2v) is 6.10. The molecule has 7 heteroatoms. The van der Waals surface area contributed by atoms with Crippen molar-refractivity contribution in [3.63, 3.8) is 0 Å². The molecule has 7 nitrogen and oxygen atoms in total. The maximum atomic E-state index is 12.3. The third kappa shape index (κ3) is 4.56. The molecule has 3 aromatic rings. The second kappa shape index (κ2) is 8.85. The summed E-state index contributed by atoms with van der Waals surface area (Å²) in [6.45, 7) is 1.93. The number of hydrogen-bond acceptors (Lipinski definition) is 5. The molecule has 0 aliphatic carbocycles. The van der Waals surface area contributed by atoms with Gasteiger partial charge in [-0.05, 0) is 48.9 Å². The molecular formula is C21H22N4O3. The standard InChI is InChI=1S/C21H22N4O3/c1-15(16-4-7-18(8-5-16)25-14-22-13-23-25)24-21(26)11-6-17-12-19(27-2)9-10-20(17)28-3/h4-15H,1-3H3,(H,24,26)/b11-6+/t15-/m1/s1. The number of carbonyl (C=O) groups is 1. The highest BCUT2D eigenvalue weighted by Crippen LogP contribution is 2.25. The van der Waals surface area contributed by atoms with Crippen molar-refractivity contribution in [2.45, 2.75) is 13.0 Å². The van der Waals surface area contributed by atoms with E-state index in [1.165, 1.54) is 12.4 Å². The van der Waals surface area contributed by atoms with Crippen LogP contribution in [-0.2, 0) is 4.79 Å². The molecule has 2 aromatic carbocycles. The fourth-order valence-corrected chi connectivity index (χ4v) is 2.74. The SMILES string of the molecule is COc1ccc(OC)c(/C=C/C(=O)N[C@H](C)c2ccc(-n3cncn3)cc2)c1. The van der Waals surface area contributed by atoms with Gasteiger partial charge in [0.05, 0.1) is 25.9 Å². The van der Waals surface area contributed by atoms with Gasteiger partial charge in [0.15, 0.2) is 0 Å². The molecule has 1 aromatic heterocycles. The minimum Gasteiger partial charge on any atom is -0.497 e. The van der Waals surface area contributed by atoms with Gasteiger partial charge in [-0.25, -0.2) is 9.67 Å². The number of nitrogens with zero attached hydrogens (tertiary/aromatic N) is 3. The Labute approximate surface area is 163 Å². The molecule has 1 amide bonds. The number of methoxy groups -OCH3 is 2. The average molecular weight is 378 g/mol. The molecule has 1 atom stereocenters. The first-order valence-corrected chi connectivity index (χ1v) is 8.76. The van der Waals surface area contributed by atoms with Gasteiger partial charge in [-0.1, -0.05) is 12.1 Å². The van der Waals surface area contributed by atoms with Gasteiger partial charge in [0.25, 0.3) is 0 Å². The van der Waals surface area contributed by atoms with Crippen LogP contribution in [0.3, 0.4) is 0 Å². The highest BCUT2D eigenvalue weighted by atomic mass is 16.5. The summed E-state index contributed by atoms with van der Waals surface area (Å²) >= 11 is 0. The van der Waals surface area contributed by atoms with Crippen molar-refractivity contribution < 1.29 is 14.3 Å². The molecule has 0 saturated heterocycles. The Balaban J connectivity index is 1.65. The number of carbonyl (C=O) groups excluding carboxylic acids is 1. The van der Waals surface area contributed by atoms with Crippen molar-refractivity contribution in [2.24, 2.45) is 0 Å². The molecule has 0 aliphatic rings. The third-order valence-electron chi connectivity index (χ3n) is 4.29. The fourth-order valence-electron chi connectivity index (χ4n) is 2.74. The van der Waals surface area contributed by atoms with E-state index in [9.17, 15) is 4.79 Å². The normalized spacial score (nSPS) is 12.0. The fraction of sp³-hybridized carbons (Fsp3) is 0.190. The van der Waals surface area contributed by atoms with Gasteiger partial charge >= 0.3 is 0 Å². The molecule has 0 bridgehead atoms. The minimum atomic E-state index is -0.197. The Morgan fingerprint density at radius 2 is 1.93 bits per heavy atom. The molecule has 0 spiro atoms. The van der Waals surface area contributed by atoms with E-state index in [-0.39, 0.29) is 11.9 Å². The van der Waals surface area contributed by atoms with E-state index in [1.807, 2.05) is 37.3 Å². The lowest BCUT2D eigenvalue weighted by molar-refractivity contribution is -0.117. The van der Waals surface area contributed by atoms with Crippen LogP contribution in [-0.4, -0.2) is 34.9 Å². The largest absolute Gasteiger partial charge is 0.497 e. The lowest BCUT2D eigenvalue weighted by Gasteiger charge is -2.13. The topological polar surface area (TPSA) is 78.3 Å². The Bertz CT molecular complexity index is 950. The molecule has 1 heterocycles. The zero-order valence-corrected chi connectivity index (χ0v) is 16.0. The zero-order chi connectivity index (χ0) is 19.9. The Kier molecular flexibility index (Phi) is 6.06. The van der Waals surface area contributed by atoms with Gasteiger partial charge in [0.2, 0.25) is 5.91 Å². The number of aromatic nitrogens is 3. The summed E-state index contributed by atoms with van der Waals surface area (Å²) in [7, 11) is 3.18. The highest BCUT2D eigenvalue weighted by Gasteiger charge is 2.09. The van der Waals surface area contributed by atoms with Crippen molar-refractivity contribution >= 4 is 12.0 Å². The van der Waals surface area contributed by atoms with Crippen LogP contribution in [0.4, 0.5) is 0 Å². The van der Waals surface area contributed by atoms with Crippen LogP contribution in [0.2, 0.25) is 0 Å². The molecule has 144 valence electrons. The van der Waals surface area contributed by atoms with Gasteiger partial charge < -0.3 is 14.8 Å². The van der Waals surface area contributed by atoms with Crippen LogP contribution in [0, 0.1) is 0 Å². The van der Waals surface area contributed by atoms with Gasteiger partial charge in [0.1, 0.15) is 24.2 Å². The van der Waals surface area contributed by atoms with Crippen LogP contribution >= 0.6 is 0 Å². The summed E-state index contributed by atoms with van der Waals surface area (Å²) in [5, 5.41) is 7.05. The molecule has 28 heavy (non-hydrogen) atoms. The summed E-state index contributed by atoms with van der Waals surface area (Å²) in [6.07, 6.45) is 6.31. The van der Waals surface area contributed by atoms with Crippen LogP contribution in [0.1, 0.15) is 24.1 Å². The van der Waals surface area contributed by atoms with E-state index in [4.69, 9.17) is 9.47 Å². The molecule has 0 saturated carbocycles. The number of nitrogens with one attached hydrogen (secondary N) is 1. The van der Waals surface area contributed by atoms with Crippen LogP contribution in [0.25, 0.3) is 11.8 Å². The Morgan fingerprint density at radius 1 is 1.14 bits per heavy atom. The molecule has 3 rings (SSSR count). The van der Waals surface area contributed by atoms with Gasteiger partial charge in [-0.2, -0.15) is 5.10 Å². The molecule has 0 unspecified atom stereocenters. The van der Waals surface area contributed by atoms with Crippen LogP contribution in [0.5, 0.6) is 11.5 Å². The first kappa shape index (κ1) is 19.2. The monoisotopic (exact) mass is 378 g/mol. The van der Waals surface area contributed by atoms with Crippen LogP contribution < -0.4 is 14.8 Å². The number of hydrogen-bond donors (Lipinski definition) is 1. The summed E-state index contributed by atoms with van der Waals surface area (Å²) in [4.78, 5) is 16.3. The van der Waals surface area contributed by atoms with Gasteiger partial charge in [-0.15, -0.1) is 0 Å². The number of rotatable bonds is 7. The molecule has 0 fully saturated rings. The zero-order valence-electron chi connectivity index (χ0n) is 16.0. The first-order chi connectivity index (χ1) is 13.6. The maximum absolute atomic E-state index is 12.3. The first-order valence-electron chi connectivity index (χ1n) is 8.76. The summed E-state index contributed by atoms with van der Waals surface area (Å²) in [6, 6.07) is 13.1. The summed E-state index contributed by atoms with van der Waals surface area (Å²) < 4.78 is 12.2. The minimum absolute atomic E-state index is 0.144. The van der Waals surface area contributed by atoms with E-state index in [0.29, 0.717) is 11.5 Å². The maximum Gasteiger partial charge on any atom is 0.244 e. The predicted molar refractivity (Wildman–Crippen MR) is 106 cm³/mol. The van der Waals surface area contributed by atoms with E-state index in [2.05, 4.69) is 15.4 Å². The van der Waals surface area contributed by atoms with E-state index >= 15 is 0 Å². The van der Waals surface area contributed by atoms with Crippen molar-refractivity contribution in [1.29, 1.82) is 0 Å². The van der Waals surface area contributed by atoms with Crippen LogP contribution in [0.15, 0.2) is 61.2 Å². The van der Waals surface area contributed by atoms with E-state index < -0.39 is 0 Å². The smallest absolute Gasteiger partial charge is 0.244 e. The Morgan fingerprint density at radius 3 is 2.57 bits per heavy atom. The number of amides is 1. The molecule has 1 N–H and O–H groups in total. The quantitative estimate of drug-likeness (QED) is 0.639. The van der Waals surface area contributed by atoms with E-state index in [1.54, 1.807) is 43.4 Å². The number of ether oxygens (including phenoxy) is 2. The third-order valence-corrected chi connectivity index (χ3v) is 4.29. The number of benzene rings is 2. The average Bonchev–Trinajstić information content (AvgIpc) is 3.27. The predicted octanol–water partition coefficient (Wildman–Crippen LogP) is 3.18. The lowest BCUT2D eigenvalue weighted by Crippen LogP contribution is -2.24. The molecular weight excluding hydrogens is 356 g/mol. The van der Waals surface area contributed by atoms with Crippen molar-refractivity contribution in [2.75, 3.05) is 14.2 Å². The van der Waals surface area contributed by atoms with Crippen molar-refractivity contribution in [3.8, 4) is 17.2 Å². The van der Waals surface area contributed by atoms with Gasteiger partial charge in [-0.3, -0.25) is 4.79 Å². The molecule has 0 aliphatic heterocycles. The second-order valence-electron chi connectivity index (χ2n) is 6.10. The highest BCUT2D eigenvalue weighted by molar-refractivity contribution is 5.92. The van der Waals surface area contributed by atoms with Crippen molar-refractivity contribution in [1.82, 2.24) is 20.1 Å². The lowest BCUT2D eigenvalue weighted by atomic mass is 10.1. The Hall–Kier alpha value is -3.61. The molecule has 0 radical (unpaired) electrons. The summed E-state index contributed by atoms with van der Waals surface area (Å²) in [5.74, 6) is 1.17.